The van der Waals surface area contributed by atoms with E-state index in [0.717, 1.165) is 12.4 Å². The van der Waals surface area contributed by atoms with Crippen LogP contribution in [0.25, 0.3) is 0 Å². The molecule has 0 amide bonds. The van der Waals surface area contributed by atoms with Gasteiger partial charge in [-0.3, -0.25) is 4.79 Å². The highest BCUT2D eigenvalue weighted by molar-refractivity contribution is 5.93. The molecule has 98 valence electrons. The Balaban J connectivity index is 2.15. The van der Waals surface area contributed by atoms with Gasteiger partial charge in [0.1, 0.15) is 5.82 Å². The van der Waals surface area contributed by atoms with E-state index in [1.54, 1.807) is 13.1 Å². The van der Waals surface area contributed by atoms with E-state index in [1.807, 2.05) is 12.1 Å². The molecule has 1 aliphatic heterocycles. The molecule has 18 heavy (non-hydrogen) atoms. The lowest BCUT2D eigenvalue weighted by molar-refractivity contribution is 0.101. The molecule has 2 heterocycles. The lowest BCUT2D eigenvalue weighted by Gasteiger charge is -2.36. The van der Waals surface area contributed by atoms with E-state index in [2.05, 4.69) is 16.8 Å². The van der Waals surface area contributed by atoms with Gasteiger partial charge in [0.05, 0.1) is 0 Å². The van der Waals surface area contributed by atoms with E-state index in [0.29, 0.717) is 11.6 Å². The average molecular weight is 246 g/mol. The smallest absolute Gasteiger partial charge is 0.161 e. The molecule has 1 fully saturated rings. The SMILES string of the molecule is CCCC1CCCCN1c1ccc(C(C)=O)cn1. The summed E-state index contributed by atoms with van der Waals surface area (Å²) in [4.78, 5) is 18.1. The van der Waals surface area contributed by atoms with Crippen LogP contribution < -0.4 is 4.90 Å². The molecular formula is C15H22N2O. The number of anilines is 1. The molecule has 1 atom stereocenters. The van der Waals surface area contributed by atoms with Crippen molar-refractivity contribution in [1.82, 2.24) is 4.98 Å². The van der Waals surface area contributed by atoms with Gasteiger partial charge in [-0.2, -0.15) is 0 Å². The Bertz CT molecular complexity index is 397. The molecular weight excluding hydrogens is 224 g/mol. The Hall–Kier alpha value is -1.38. The topological polar surface area (TPSA) is 33.2 Å². The van der Waals surface area contributed by atoms with Crippen LogP contribution in [0.15, 0.2) is 18.3 Å². The second-order valence-electron chi connectivity index (χ2n) is 5.09. The molecule has 1 aromatic heterocycles. The molecule has 0 bridgehead atoms. The van der Waals surface area contributed by atoms with Gasteiger partial charge >= 0.3 is 0 Å². The van der Waals surface area contributed by atoms with Gasteiger partial charge in [-0.05, 0) is 44.7 Å². The molecule has 1 aromatic rings. The number of pyridine rings is 1. The van der Waals surface area contributed by atoms with E-state index < -0.39 is 0 Å². The summed E-state index contributed by atoms with van der Waals surface area (Å²) in [6.45, 7) is 4.91. The Labute approximate surface area is 109 Å². The fourth-order valence-electron chi connectivity index (χ4n) is 2.70. The maximum absolute atomic E-state index is 11.2. The normalized spacial score (nSPS) is 19.9. The van der Waals surface area contributed by atoms with Gasteiger partial charge in [-0.1, -0.05) is 13.3 Å². The highest BCUT2D eigenvalue weighted by atomic mass is 16.1. The third kappa shape index (κ3) is 2.89. The minimum atomic E-state index is 0.0813. The number of nitrogens with zero attached hydrogens (tertiary/aromatic N) is 2. The zero-order chi connectivity index (χ0) is 13.0. The van der Waals surface area contributed by atoms with Gasteiger partial charge in [-0.15, -0.1) is 0 Å². The number of hydrogen-bond donors (Lipinski definition) is 0. The molecule has 0 aromatic carbocycles. The van der Waals surface area contributed by atoms with E-state index in [4.69, 9.17) is 0 Å². The van der Waals surface area contributed by atoms with Crippen LogP contribution >= 0.6 is 0 Å². The van der Waals surface area contributed by atoms with Crippen molar-refractivity contribution in [2.45, 2.75) is 52.0 Å². The van der Waals surface area contributed by atoms with E-state index >= 15 is 0 Å². The summed E-state index contributed by atoms with van der Waals surface area (Å²) in [5.41, 5.74) is 0.697. The molecule has 0 N–H and O–H groups in total. The van der Waals surface area contributed by atoms with Crippen LogP contribution in [0.2, 0.25) is 0 Å². The fourth-order valence-corrected chi connectivity index (χ4v) is 2.70. The first-order chi connectivity index (χ1) is 8.72. The van der Waals surface area contributed by atoms with Crippen LogP contribution in [0, 0.1) is 0 Å². The van der Waals surface area contributed by atoms with Crippen molar-refractivity contribution in [2.75, 3.05) is 11.4 Å². The van der Waals surface area contributed by atoms with Crippen molar-refractivity contribution in [3.8, 4) is 0 Å². The predicted molar refractivity (Wildman–Crippen MR) is 74.1 cm³/mol. The molecule has 1 unspecified atom stereocenters. The number of rotatable bonds is 4. The van der Waals surface area contributed by atoms with Crippen LogP contribution in [0.4, 0.5) is 5.82 Å². The first-order valence-electron chi connectivity index (χ1n) is 6.96. The number of hydrogen-bond acceptors (Lipinski definition) is 3. The van der Waals surface area contributed by atoms with Crippen molar-refractivity contribution in [3.05, 3.63) is 23.9 Å². The van der Waals surface area contributed by atoms with Gasteiger partial charge in [-0.25, -0.2) is 4.98 Å². The van der Waals surface area contributed by atoms with E-state index in [-0.39, 0.29) is 5.78 Å². The molecule has 3 nitrogen and oxygen atoms in total. The fraction of sp³-hybridized carbons (Fsp3) is 0.600. The van der Waals surface area contributed by atoms with E-state index in [9.17, 15) is 4.79 Å². The number of Topliss-reactive ketones (excluding diaryl/α,β-unsaturated/α-hetero) is 1. The first kappa shape index (κ1) is 13.1. The lowest BCUT2D eigenvalue weighted by atomic mass is 9.98. The number of ketones is 1. The van der Waals surface area contributed by atoms with Crippen molar-refractivity contribution in [1.29, 1.82) is 0 Å². The van der Waals surface area contributed by atoms with Gasteiger partial charge < -0.3 is 4.90 Å². The zero-order valence-corrected chi connectivity index (χ0v) is 11.4. The van der Waals surface area contributed by atoms with Crippen molar-refractivity contribution >= 4 is 11.6 Å². The maximum Gasteiger partial charge on any atom is 0.161 e. The molecule has 0 spiro atoms. The van der Waals surface area contributed by atoms with Gasteiger partial charge in [0.25, 0.3) is 0 Å². The highest BCUT2D eigenvalue weighted by Gasteiger charge is 2.22. The minimum absolute atomic E-state index is 0.0813. The largest absolute Gasteiger partial charge is 0.354 e. The number of carbonyl (C=O) groups excluding carboxylic acids is 1. The first-order valence-corrected chi connectivity index (χ1v) is 6.96. The van der Waals surface area contributed by atoms with Crippen LogP contribution in [-0.2, 0) is 0 Å². The Morgan fingerprint density at radius 3 is 2.89 bits per heavy atom. The van der Waals surface area contributed by atoms with Gasteiger partial charge in [0.2, 0.25) is 0 Å². The highest BCUT2D eigenvalue weighted by Crippen LogP contribution is 2.25. The molecule has 0 radical (unpaired) electrons. The van der Waals surface area contributed by atoms with Gasteiger partial charge in [0.15, 0.2) is 5.78 Å². The van der Waals surface area contributed by atoms with Crippen molar-refractivity contribution in [3.63, 3.8) is 0 Å². The average Bonchev–Trinajstić information content (AvgIpc) is 2.40. The molecule has 0 saturated carbocycles. The molecule has 2 rings (SSSR count). The number of piperidine rings is 1. The molecule has 1 saturated heterocycles. The monoisotopic (exact) mass is 246 g/mol. The summed E-state index contributed by atoms with van der Waals surface area (Å²) in [5, 5.41) is 0. The Kier molecular flexibility index (Phi) is 4.34. The standard InChI is InChI=1S/C15H22N2O/c1-3-6-14-7-4-5-10-17(14)15-9-8-13(11-16-15)12(2)18/h8-9,11,14H,3-7,10H2,1-2H3. The third-order valence-corrected chi connectivity index (χ3v) is 3.70. The molecule has 1 aliphatic rings. The summed E-state index contributed by atoms with van der Waals surface area (Å²) in [6.07, 6.45) is 7.99. The molecule has 0 aliphatic carbocycles. The summed E-state index contributed by atoms with van der Waals surface area (Å²) in [5.74, 6) is 1.11. The summed E-state index contributed by atoms with van der Waals surface area (Å²) in [6, 6.07) is 4.51. The van der Waals surface area contributed by atoms with Crippen molar-refractivity contribution < 1.29 is 4.79 Å². The van der Waals surface area contributed by atoms with Crippen molar-refractivity contribution in [2.24, 2.45) is 0 Å². The minimum Gasteiger partial charge on any atom is -0.354 e. The quantitative estimate of drug-likeness (QED) is 0.763. The Morgan fingerprint density at radius 1 is 1.44 bits per heavy atom. The summed E-state index contributed by atoms with van der Waals surface area (Å²) >= 11 is 0. The second-order valence-corrected chi connectivity index (χ2v) is 5.09. The van der Waals surface area contributed by atoms with Gasteiger partial charge in [0, 0.05) is 24.3 Å². The maximum atomic E-state index is 11.2. The van der Waals surface area contributed by atoms with E-state index in [1.165, 1.54) is 32.1 Å². The van der Waals surface area contributed by atoms with Crippen LogP contribution in [0.5, 0.6) is 0 Å². The number of aromatic nitrogens is 1. The summed E-state index contributed by atoms with van der Waals surface area (Å²) in [7, 11) is 0. The predicted octanol–water partition coefficient (Wildman–Crippen LogP) is 3.44. The third-order valence-electron chi connectivity index (χ3n) is 3.70. The number of carbonyl (C=O) groups is 1. The summed E-state index contributed by atoms with van der Waals surface area (Å²) < 4.78 is 0. The Morgan fingerprint density at radius 2 is 2.28 bits per heavy atom. The van der Waals surface area contributed by atoms with Crippen LogP contribution in [0.3, 0.4) is 0 Å². The molecule has 3 heteroatoms. The second kappa shape index (κ2) is 5.98. The lowest BCUT2D eigenvalue weighted by Crippen LogP contribution is -2.40. The zero-order valence-electron chi connectivity index (χ0n) is 11.4. The van der Waals surface area contributed by atoms with Crippen LogP contribution in [-0.4, -0.2) is 23.4 Å². The van der Waals surface area contributed by atoms with Crippen LogP contribution in [0.1, 0.15) is 56.3 Å².